The van der Waals surface area contributed by atoms with Crippen LogP contribution < -0.4 is 15.5 Å². The van der Waals surface area contributed by atoms with E-state index in [4.69, 9.17) is 5.73 Å². The van der Waals surface area contributed by atoms with Crippen molar-refractivity contribution in [3.63, 3.8) is 0 Å². The molecule has 0 saturated carbocycles. The number of nitrogens with two attached hydrogens (primary N) is 1. The molecule has 0 atom stereocenters. The maximum Gasteiger partial charge on any atom is 0.261 e. The van der Waals surface area contributed by atoms with E-state index in [2.05, 4.69) is 0 Å². The average molecular weight is 390 g/mol. The van der Waals surface area contributed by atoms with Crippen LogP contribution in [-0.2, 0) is 11.2 Å². The van der Waals surface area contributed by atoms with E-state index in [1.165, 1.54) is 12.1 Å². The number of halogens is 2. The number of anilines is 3. The maximum absolute atomic E-state index is 14.4. The minimum atomic E-state index is -0.582. The second-order valence-electron chi connectivity index (χ2n) is 6.72. The van der Waals surface area contributed by atoms with E-state index >= 15 is 0 Å². The molecule has 1 saturated heterocycles. The standard InChI is InChI=1S/C20H20FN3O2.ClH/c21-16-9-8-13(23-10-3-7-19(23)25)12-15(16)20(26)24-11-2-4-14-17(22)5-1-6-18(14)24;/h1,5-6,8-9,12H,2-4,7,10-11,22H2;1H. The number of hydrogen-bond donors (Lipinski definition) is 1. The van der Waals surface area contributed by atoms with Crippen LogP contribution in [0.4, 0.5) is 21.5 Å². The molecule has 5 nitrogen and oxygen atoms in total. The van der Waals surface area contributed by atoms with E-state index in [1.807, 2.05) is 12.1 Å². The fraction of sp³-hybridized carbons (Fsp3) is 0.300. The van der Waals surface area contributed by atoms with Gasteiger partial charge in [0.1, 0.15) is 5.82 Å². The molecule has 0 radical (unpaired) electrons. The van der Waals surface area contributed by atoms with Crippen molar-refractivity contribution in [2.24, 2.45) is 0 Å². The van der Waals surface area contributed by atoms with Crippen molar-refractivity contribution in [3.05, 3.63) is 53.3 Å². The molecule has 2 aromatic rings. The summed E-state index contributed by atoms with van der Waals surface area (Å²) in [6, 6.07) is 9.76. The molecule has 2 aliphatic rings. The van der Waals surface area contributed by atoms with Crippen molar-refractivity contribution in [3.8, 4) is 0 Å². The lowest BCUT2D eigenvalue weighted by Crippen LogP contribution is -2.36. The summed E-state index contributed by atoms with van der Waals surface area (Å²) in [6.45, 7) is 1.11. The van der Waals surface area contributed by atoms with Gasteiger partial charge in [0, 0.05) is 36.6 Å². The first kappa shape index (κ1) is 19.2. The van der Waals surface area contributed by atoms with Crippen LogP contribution in [0.15, 0.2) is 36.4 Å². The highest BCUT2D eigenvalue weighted by Crippen LogP contribution is 2.33. The van der Waals surface area contributed by atoms with Gasteiger partial charge in [0.2, 0.25) is 5.91 Å². The summed E-state index contributed by atoms with van der Waals surface area (Å²) in [5.74, 6) is -0.977. The maximum atomic E-state index is 14.4. The molecule has 4 rings (SSSR count). The number of carbonyl (C=O) groups is 2. The van der Waals surface area contributed by atoms with Gasteiger partial charge in [-0.1, -0.05) is 6.07 Å². The number of hydrogen-bond acceptors (Lipinski definition) is 3. The number of benzene rings is 2. The number of rotatable bonds is 2. The Bertz CT molecular complexity index is 903. The Hall–Kier alpha value is -2.60. The van der Waals surface area contributed by atoms with Crippen LogP contribution in [0.1, 0.15) is 35.2 Å². The van der Waals surface area contributed by atoms with Crippen LogP contribution in [0.5, 0.6) is 0 Å². The Kier molecular flexibility index (Phi) is 5.37. The van der Waals surface area contributed by atoms with Gasteiger partial charge in [-0.2, -0.15) is 0 Å². The highest BCUT2D eigenvalue weighted by molar-refractivity contribution is 6.08. The summed E-state index contributed by atoms with van der Waals surface area (Å²) in [5.41, 5.74) is 8.91. The molecule has 2 aliphatic heterocycles. The highest BCUT2D eigenvalue weighted by Gasteiger charge is 2.28. The molecule has 142 valence electrons. The second-order valence-corrected chi connectivity index (χ2v) is 6.72. The predicted octanol–water partition coefficient (Wildman–Crippen LogP) is 3.55. The molecule has 7 heteroatoms. The summed E-state index contributed by atoms with van der Waals surface area (Å²) in [4.78, 5) is 28.2. The normalized spacial score (nSPS) is 16.1. The summed E-state index contributed by atoms with van der Waals surface area (Å²) in [6.07, 6.45) is 2.84. The molecule has 1 fully saturated rings. The summed E-state index contributed by atoms with van der Waals surface area (Å²) in [5, 5.41) is 0. The molecule has 27 heavy (non-hydrogen) atoms. The van der Waals surface area contributed by atoms with E-state index in [1.54, 1.807) is 21.9 Å². The van der Waals surface area contributed by atoms with Gasteiger partial charge < -0.3 is 15.5 Å². The lowest BCUT2D eigenvalue weighted by atomic mass is 9.99. The molecule has 2 heterocycles. The van der Waals surface area contributed by atoms with Crippen molar-refractivity contribution in [2.75, 3.05) is 28.6 Å². The van der Waals surface area contributed by atoms with Gasteiger partial charge in [-0.25, -0.2) is 4.39 Å². The number of fused-ring (bicyclic) bond motifs is 1. The number of nitrogens with zero attached hydrogens (tertiary/aromatic N) is 2. The lowest BCUT2D eigenvalue weighted by molar-refractivity contribution is -0.117. The first-order chi connectivity index (χ1) is 12.6. The largest absolute Gasteiger partial charge is 0.398 e. The summed E-state index contributed by atoms with van der Waals surface area (Å²) < 4.78 is 14.4. The fourth-order valence-corrected chi connectivity index (χ4v) is 3.77. The van der Waals surface area contributed by atoms with Crippen molar-refractivity contribution in [2.45, 2.75) is 25.7 Å². The summed E-state index contributed by atoms with van der Waals surface area (Å²) in [7, 11) is 0. The Labute approximate surface area is 163 Å². The molecule has 0 aliphatic carbocycles. The van der Waals surface area contributed by atoms with Crippen LogP contribution in [-0.4, -0.2) is 24.9 Å². The van der Waals surface area contributed by atoms with E-state index < -0.39 is 11.7 Å². The molecular weight excluding hydrogens is 369 g/mol. The predicted molar refractivity (Wildman–Crippen MR) is 106 cm³/mol. The van der Waals surface area contributed by atoms with Crippen LogP contribution in [0.3, 0.4) is 0 Å². The van der Waals surface area contributed by atoms with Crippen LogP contribution in [0.2, 0.25) is 0 Å². The van der Waals surface area contributed by atoms with E-state index in [0.29, 0.717) is 30.9 Å². The zero-order valence-electron chi connectivity index (χ0n) is 14.8. The molecule has 0 spiro atoms. The quantitative estimate of drug-likeness (QED) is 0.799. The second kappa shape index (κ2) is 7.56. The molecule has 2 aromatic carbocycles. The molecule has 0 unspecified atom stereocenters. The van der Waals surface area contributed by atoms with Crippen molar-refractivity contribution in [1.82, 2.24) is 0 Å². The first-order valence-corrected chi connectivity index (χ1v) is 8.85. The monoisotopic (exact) mass is 389 g/mol. The smallest absolute Gasteiger partial charge is 0.261 e. The topological polar surface area (TPSA) is 66.6 Å². The van der Waals surface area contributed by atoms with E-state index in [-0.39, 0.29) is 23.9 Å². The van der Waals surface area contributed by atoms with E-state index in [9.17, 15) is 14.0 Å². The van der Waals surface area contributed by atoms with Gasteiger partial charge in [-0.05, 0) is 55.2 Å². The Morgan fingerprint density at radius 3 is 2.59 bits per heavy atom. The van der Waals surface area contributed by atoms with Gasteiger partial charge in [-0.15, -0.1) is 12.4 Å². The van der Waals surface area contributed by atoms with Crippen molar-refractivity contribution < 1.29 is 14.0 Å². The van der Waals surface area contributed by atoms with Gasteiger partial charge >= 0.3 is 0 Å². The molecule has 2 N–H and O–H groups in total. The zero-order chi connectivity index (χ0) is 18.3. The third-order valence-corrected chi connectivity index (χ3v) is 5.10. The Morgan fingerprint density at radius 2 is 1.85 bits per heavy atom. The van der Waals surface area contributed by atoms with Gasteiger partial charge in [0.15, 0.2) is 0 Å². The molecule has 0 bridgehead atoms. The van der Waals surface area contributed by atoms with Crippen molar-refractivity contribution in [1.29, 1.82) is 0 Å². The average Bonchev–Trinajstić information content (AvgIpc) is 3.07. The number of amides is 2. The Morgan fingerprint density at radius 1 is 1.07 bits per heavy atom. The van der Waals surface area contributed by atoms with Crippen molar-refractivity contribution >= 4 is 41.3 Å². The van der Waals surface area contributed by atoms with Crippen LogP contribution >= 0.6 is 12.4 Å². The number of carbonyl (C=O) groups excluding carboxylic acids is 2. The van der Waals surface area contributed by atoms with Gasteiger partial charge in [-0.3, -0.25) is 9.59 Å². The fourth-order valence-electron chi connectivity index (χ4n) is 3.77. The van der Waals surface area contributed by atoms with Gasteiger partial charge in [0.25, 0.3) is 5.91 Å². The Balaban J connectivity index is 0.00000210. The lowest BCUT2D eigenvalue weighted by Gasteiger charge is -2.30. The highest BCUT2D eigenvalue weighted by atomic mass is 35.5. The number of nitrogen functional groups attached to an aromatic ring is 1. The van der Waals surface area contributed by atoms with Crippen LogP contribution in [0.25, 0.3) is 0 Å². The van der Waals surface area contributed by atoms with Gasteiger partial charge in [0.05, 0.1) is 5.56 Å². The minimum absolute atomic E-state index is 0. The molecule has 2 amide bonds. The SMILES string of the molecule is Cl.Nc1cccc2c1CCCN2C(=O)c1cc(N2CCCC2=O)ccc1F. The van der Waals surface area contributed by atoms with E-state index in [0.717, 1.165) is 30.5 Å². The summed E-state index contributed by atoms with van der Waals surface area (Å²) >= 11 is 0. The molecular formula is C20H21ClFN3O2. The zero-order valence-corrected chi connectivity index (χ0v) is 15.6. The third kappa shape index (κ3) is 3.37. The molecule has 0 aromatic heterocycles. The van der Waals surface area contributed by atoms with Crippen LogP contribution in [0, 0.1) is 5.82 Å². The minimum Gasteiger partial charge on any atom is -0.398 e. The third-order valence-electron chi connectivity index (χ3n) is 5.10. The first-order valence-electron chi connectivity index (χ1n) is 8.85.